The quantitative estimate of drug-likeness (QED) is 0.441. The number of nitrogens with zero attached hydrogens (tertiary/aromatic N) is 2. The fraction of sp³-hybridized carbons (Fsp3) is 0.259. The average molecular weight is 543 g/mol. The van der Waals surface area contributed by atoms with E-state index in [4.69, 9.17) is 9.47 Å². The van der Waals surface area contributed by atoms with E-state index in [0.29, 0.717) is 43.0 Å². The van der Waals surface area contributed by atoms with Crippen molar-refractivity contribution in [1.82, 2.24) is 9.21 Å². The van der Waals surface area contributed by atoms with E-state index in [0.717, 1.165) is 16.4 Å². The summed E-state index contributed by atoms with van der Waals surface area (Å²) in [5.74, 6) is -1.70. The van der Waals surface area contributed by atoms with Gasteiger partial charge < -0.3 is 19.5 Å². The first kappa shape index (κ1) is 27.2. The summed E-state index contributed by atoms with van der Waals surface area (Å²) < 4.78 is 50.8. The summed E-state index contributed by atoms with van der Waals surface area (Å²) in [5.41, 5.74) is 1.31. The summed E-state index contributed by atoms with van der Waals surface area (Å²) >= 11 is 0. The molecule has 11 heteroatoms. The third-order valence-electron chi connectivity index (χ3n) is 6.06. The van der Waals surface area contributed by atoms with Crippen LogP contribution in [0.25, 0.3) is 0 Å². The Labute approximate surface area is 220 Å². The molecule has 38 heavy (non-hydrogen) atoms. The van der Waals surface area contributed by atoms with Crippen LogP contribution in [0.3, 0.4) is 0 Å². The second-order valence-corrected chi connectivity index (χ2v) is 10.8. The first-order valence-electron chi connectivity index (χ1n) is 11.8. The van der Waals surface area contributed by atoms with Crippen molar-refractivity contribution < 1.29 is 37.0 Å². The van der Waals surface area contributed by atoms with Crippen LogP contribution in [0.15, 0.2) is 77.7 Å². The molecule has 0 spiro atoms. The first-order valence-corrected chi connectivity index (χ1v) is 13.3. The fourth-order valence-electron chi connectivity index (χ4n) is 3.98. The largest absolute Gasteiger partial charge is 0.478 e. The van der Waals surface area contributed by atoms with Crippen molar-refractivity contribution in [1.29, 1.82) is 0 Å². The molecular formula is C27H27FN2O7S. The van der Waals surface area contributed by atoms with Crippen molar-refractivity contribution in [2.24, 2.45) is 0 Å². The number of amides is 1. The van der Waals surface area contributed by atoms with Crippen LogP contribution in [0.5, 0.6) is 5.75 Å². The van der Waals surface area contributed by atoms with E-state index < -0.39 is 27.9 Å². The Morgan fingerprint density at radius 3 is 2.34 bits per heavy atom. The van der Waals surface area contributed by atoms with Gasteiger partial charge in [-0.05, 0) is 54.1 Å². The molecule has 0 saturated carbocycles. The predicted octanol–water partition coefficient (Wildman–Crippen LogP) is 3.32. The molecule has 0 aromatic heterocycles. The van der Waals surface area contributed by atoms with Crippen molar-refractivity contribution in [3.63, 3.8) is 0 Å². The van der Waals surface area contributed by atoms with Crippen LogP contribution in [0.1, 0.15) is 27.6 Å². The number of carbonyl (C=O) groups excluding carboxylic acids is 1. The molecule has 0 radical (unpaired) electrons. The van der Waals surface area contributed by atoms with Crippen molar-refractivity contribution >= 4 is 21.9 Å². The Morgan fingerprint density at radius 2 is 1.71 bits per heavy atom. The predicted molar refractivity (Wildman–Crippen MR) is 136 cm³/mol. The molecular weight excluding hydrogens is 515 g/mol. The summed E-state index contributed by atoms with van der Waals surface area (Å²) in [6.07, 6.45) is -1.36. The summed E-state index contributed by atoms with van der Waals surface area (Å²) in [6, 6.07) is 17.3. The lowest BCUT2D eigenvalue weighted by atomic mass is 10.0. The topological polar surface area (TPSA) is 113 Å². The maximum atomic E-state index is 13.2. The molecule has 1 heterocycles. The SMILES string of the molecule is CN(Cc1ccc(OC(C(=O)O)c2cccc(C(=O)N3CCOCC3)c2)cc1)S(=O)(=O)c1ccc(F)cc1. The van der Waals surface area contributed by atoms with E-state index in [1.807, 2.05) is 0 Å². The Kier molecular flexibility index (Phi) is 8.40. The molecule has 200 valence electrons. The van der Waals surface area contributed by atoms with E-state index in [9.17, 15) is 27.5 Å². The number of sulfonamides is 1. The molecule has 1 N–H and O–H groups in total. The maximum Gasteiger partial charge on any atom is 0.349 e. The van der Waals surface area contributed by atoms with Crippen molar-refractivity contribution in [2.75, 3.05) is 33.4 Å². The molecule has 9 nitrogen and oxygen atoms in total. The van der Waals surface area contributed by atoms with Gasteiger partial charge in [-0.15, -0.1) is 0 Å². The summed E-state index contributed by atoms with van der Waals surface area (Å²) in [7, 11) is -2.42. The van der Waals surface area contributed by atoms with Gasteiger partial charge in [0.1, 0.15) is 11.6 Å². The molecule has 1 unspecified atom stereocenters. The van der Waals surface area contributed by atoms with Crippen molar-refractivity contribution in [3.05, 3.63) is 95.3 Å². The molecule has 1 amide bonds. The zero-order valence-electron chi connectivity index (χ0n) is 20.6. The number of hydrogen-bond acceptors (Lipinski definition) is 6. The second kappa shape index (κ2) is 11.7. The van der Waals surface area contributed by atoms with Crippen LogP contribution in [0.4, 0.5) is 4.39 Å². The van der Waals surface area contributed by atoms with E-state index in [1.165, 1.54) is 25.2 Å². The van der Waals surface area contributed by atoms with Crippen LogP contribution in [-0.4, -0.2) is 68.0 Å². The minimum atomic E-state index is -3.83. The lowest BCUT2D eigenvalue weighted by Crippen LogP contribution is -2.40. The number of aliphatic carboxylic acids is 1. The van der Waals surface area contributed by atoms with E-state index in [-0.39, 0.29) is 23.1 Å². The van der Waals surface area contributed by atoms with Crippen LogP contribution < -0.4 is 4.74 Å². The highest BCUT2D eigenvalue weighted by Gasteiger charge is 2.25. The molecule has 1 saturated heterocycles. The zero-order chi connectivity index (χ0) is 27.3. The number of carboxylic acid groups (broad SMARTS) is 1. The van der Waals surface area contributed by atoms with E-state index in [1.54, 1.807) is 47.4 Å². The standard InChI is InChI=1S/C27H27FN2O7S/c1-29(38(34,35)24-11-7-22(28)8-12-24)18-19-5-9-23(10-6-19)37-25(27(32)33)20-3-2-4-21(17-20)26(31)30-13-15-36-16-14-30/h2-12,17,25H,13-16,18H2,1H3,(H,32,33). The number of hydrogen-bond donors (Lipinski definition) is 1. The average Bonchev–Trinajstić information content (AvgIpc) is 2.92. The van der Waals surface area contributed by atoms with Crippen LogP contribution >= 0.6 is 0 Å². The van der Waals surface area contributed by atoms with Gasteiger partial charge in [0.15, 0.2) is 0 Å². The fourth-order valence-corrected chi connectivity index (χ4v) is 5.14. The molecule has 0 aliphatic carbocycles. The van der Waals surface area contributed by atoms with Crippen molar-refractivity contribution in [3.8, 4) is 5.75 Å². The summed E-state index contributed by atoms with van der Waals surface area (Å²) in [6.45, 7) is 1.88. The lowest BCUT2D eigenvalue weighted by Gasteiger charge is -2.27. The van der Waals surface area contributed by atoms with Gasteiger partial charge in [0.05, 0.1) is 18.1 Å². The lowest BCUT2D eigenvalue weighted by molar-refractivity contribution is -0.145. The number of rotatable bonds is 9. The molecule has 3 aromatic carbocycles. The van der Waals surface area contributed by atoms with E-state index in [2.05, 4.69) is 0 Å². The Bertz CT molecular complexity index is 1390. The number of carbonyl (C=O) groups is 2. The molecule has 1 aliphatic heterocycles. The van der Waals surface area contributed by atoms with Gasteiger partial charge in [0.2, 0.25) is 16.1 Å². The van der Waals surface area contributed by atoms with Gasteiger partial charge in [-0.3, -0.25) is 4.79 Å². The van der Waals surface area contributed by atoms with Crippen LogP contribution in [0, 0.1) is 5.82 Å². The molecule has 0 bridgehead atoms. The van der Waals surface area contributed by atoms with E-state index >= 15 is 0 Å². The molecule has 1 aliphatic rings. The monoisotopic (exact) mass is 542 g/mol. The molecule has 1 fully saturated rings. The van der Waals surface area contributed by atoms with Crippen LogP contribution in [-0.2, 0) is 26.1 Å². The number of carboxylic acids is 1. The van der Waals surface area contributed by atoms with Gasteiger partial charge >= 0.3 is 5.97 Å². The Hall–Kier alpha value is -3.80. The van der Waals surface area contributed by atoms with Gasteiger partial charge in [0.25, 0.3) is 5.91 Å². The Morgan fingerprint density at radius 1 is 1.05 bits per heavy atom. The zero-order valence-corrected chi connectivity index (χ0v) is 21.4. The number of benzene rings is 3. The number of morpholine rings is 1. The van der Waals surface area contributed by atoms with Gasteiger partial charge in [0, 0.05) is 37.8 Å². The minimum Gasteiger partial charge on any atom is -0.478 e. The third kappa shape index (κ3) is 6.36. The number of halogens is 1. The van der Waals surface area contributed by atoms with Crippen LogP contribution in [0.2, 0.25) is 0 Å². The first-order chi connectivity index (χ1) is 18.1. The minimum absolute atomic E-state index is 0.0278. The number of ether oxygens (including phenoxy) is 2. The smallest absolute Gasteiger partial charge is 0.349 e. The van der Waals surface area contributed by atoms with Gasteiger partial charge in [-0.1, -0.05) is 24.3 Å². The molecule has 4 rings (SSSR count). The second-order valence-electron chi connectivity index (χ2n) is 8.73. The van der Waals surface area contributed by atoms with Gasteiger partial charge in [-0.2, -0.15) is 4.31 Å². The highest BCUT2D eigenvalue weighted by Crippen LogP contribution is 2.25. The van der Waals surface area contributed by atoms with Gasteiger partial charge in [-0.25, -0.2) is 17.6 Å². The highest BCUT2D eigenvalue weighted by molar-refractivity contribution is 7.89. The third-order valence-corrected chi connectivity index (χ3v) is 7.88. The van der Waals surface area contributed by atoms with Crippen molar-refractivity contribution in [2.45, 2.75) is 17.5 Å². The Balaban J connectivity index is 1.45. The summed E-state index contributed by atoms with van der Waals surface area (Å²) in [5, 5.41) is 9.82. The molecule has 3 aromatic rings. The molecule has 1 atom stereocenters. The maximum absolute atomic E-state index is 13.2. The normalized spacial score (nSPS) is 14.8. The highest BCUT2D eigenvalue weighted by atomic mass is 32.2. The summed E-state index contributed by atoms with van der Waals surface area (Å²) in [4.78, 5) is 26.5.